The molecule has 2 fully saturated rings. The van der Waals surface area contributed by atoms with Crippen molar-refractivity contribution in [3.8, 4) is 0 Å². The van der Waals surface area contributed by atoms with Crippen molar-refractivity contribution in [2.45, 2.75) is 38.0 Å². The van der Waals surface area contributed by atoms with Gasteiger partial charge in [-0.1, -0.05) is 0 Å². The van der Waals surface area contributed by atoms with Crippen LogP contribution in [-0.4, -0.2) is 64.3 Å². The van der Waals surface area contributed by atoms with Crippen molar-refractivity contribution in [1.29, 1.82) is 0 Å². The predicted octanol–water partition coefficient (Wildman–Crippen LogP) is -1.26. The Labute approximate surface area is 116 Å². The maximum Gasteiger partial charge on any atom is 0.328 e. The number of fused-ring (bicyclic) bond motifs is 1. The van der Waals surface area contributed by atoms with Gasteiger partial charge in [-0.05, 0) is 19.8 Å². The van der Waals surface area contributed by atoms with Crippen LogP contribution in [0.4, 0.5) is 4.79 Å². The number of carbonyl (C=O) groups excluding carboxylic acids is 2. The number of aliphatic hydroxyl groups is 1. The van der Waals surface area contributed by atoms with E-state index in [1.165, 1.54) is 11.8 Å². The van der Waals surface area contributed by atoms with Gasteiger partial charge in [0, 0.05) is 13.1 Å². The molecule has 0 bridgehead atoms. The van der Waals surface area contributed by atoms with E-state index in [2.05, 4.69) is 10.6 Å². The molecular formula is C12H19N3O5. The number of aliphatic carboxylic acids is 1. The van der Waals surface area contributed by atoms with Gasteiger partial charge in [0.1, 0.15) is 0 Å². The third-order valence-electron chi connectivity index (χ3n) is 3.89. The van der Waals surface area contributed by atoms with E-state index in [9.17, 15) is 19.5 Å². The van der Waals surface area contributed by atoms with Crippen LogP contribution in [0.1, 0.15) is 19.8 Å². The van der Waals surface area contributed by atoms with Crippen molar-refractivity contribution < 1.29 is 24.6 Å². The number of hydrogen-bond donors (Lipinski definition) is 4. The fraction of sp³-hybridized carbons (Fsp3) is 0.750. The van der Waals surface area contributed by atoms with Crippen LogP contribution >= 0.6 is 0 Å². The summed E-state index contributed by atoms with van der Waals surface area (Å²) in [4.78, 5) is 36.2. The number of aliphatic hydroxyl groups excluding tert-OH is 1. The Morgan fingerprint density at radius 2 is 2.20 bits per heavy atom. The van der Waals surface area contributed by atoms with E-state index in [-0.39, 0.29) is 17.9 Å². The smallest absolute Gasteiger partial charge is 0.328 e. The minimum absolute atomic E-state index is 0.0576. The summed E-state index contributed by atoms with van der Waals surface area (Å²) < 4.78 is 0. The molecule has 2 rings (SSSR count). The summed E-state index contributed by atoms with van der Waals surface area (Å²) in [5.41, 5.74) is 0. The molecular weight excluding hydrogens is 266 g/mol. The molecule has 112 valence electrons. The van der Waals surface area contributed by atoms with Crippen molar-refractivity contribution in [2.75, 3.05) is 13.1 Å². The molecule has 0 aromatic rings. The SMILES string of the molecule is CC(O)C(NC(=O)N1CCCC2C(=O)NCC21)C(=O)O. The molecule has 2 heterocycles. The second kappa shape index (κ2) is 5.66. The van der Waals surface area contributed by atoms with Gasteiger partial charge in [0.25, 0.3) is 0 Å². The molecule has 8 heteroatoms. The first-order valence-corrected chi connectivity index (χ1v) is 6.67. The zero-order valence-corrected chi connectivity index (χ0v) is 11.2. The van der Waals surface area contributed by atoms with Crippen LogP contribution in [0.5, 0.6) is 0 Å². The lowest BCUT2D eigenvalue weighted by atomic mass is 9.92. The Bertz CT molecular complexity index is 425. The first kappa shape index (κ1) is 14.6. The fourth-order valence-corrected chi connectivity index (χ4v) is 2.81. The largest absolute Gasteiger partial charge is 0.480 e. The second-order valence-corrected chi connectivity index (χ2v) is 5.26. The van der Waals surface area contributed by atoms with Crippen LogP contribution in [0, 0.1) is 5.92 Å². The van der Waals surface area contributed by atoms with Crippen LogP contribution in [-0.2, 0) is 9.59 Å². The van der Waals surface area contributed by atoms with Gasteiger partial charge >= 0.3 is 12.0 Å². The number of carbonyl (C=O) groups is 3. The van der Waals surface area contributed by atoms with Gasteiger partial charge in [-0.25, -0.2) is 9.59 Å². The van der Waals surface area contributed by atoms with Gasteiger partial charge in [0.2, 0.25) is 5.91 Å². The average molecular weight is 285 g/mol. The molecule has 0 aliphatic carbocycles. The molecule has 2 saturated heterocycles. The molecule has 20 heavy (non-hydrogen) atoms. The maximum absolute atomic E-state index is 12.2. The molecule has 0 aromatic heterocycles. The Morgan fingerprint density at radius 3 is 2.80 bits per heavy atom. The third kappa shape index (κ3) is 2.69. The number of nitrogens with one attached hydrogen (secondary N) is 2. The van der Waals surface area contributed by atoms with Gasteiger partial charge in [-0.3, -0.25) is 4.79 Å². The summed E-state index contributed by atoms with van der Waals surface area (Å²) in [6, 6.07) is -2.14. The van der Waals surface area contributed by atoms with Crippen LogP contribution in [0.3, 0.4) is 0 Å². The summed E-state index contributed by atoms with van der Waals surface area (Å²) in [6.07, 6.45) is 0.244. The van der Waals surface area contributed by atoms with E-state index in [1.807, 2.05) is 0 Å². The Hall–Kier alpha value is -1.83. The highest BCUT2D eigenvalue weighted by Crippen LogP contribution is 2.27. The highest BCUT2D eigenvalue weighted by atomic mass is 16.4. The number of urea groups is 1. The van der Waals surface area contributed by atoms with Crippen molar-refractivity contribution in [3.63, 3.8) is 0 Å². The topological polar surface area (TPSA) is 119 Å². The maximum atomic E-state index is 12.2. The lowest BCUT2D eigenvalue weighted by Crippen LogP contribution is -2.57. The number of likely N-dealkylation sites (tertiary alicyclic amines) is 1. The molecule has 0 aromatic carbocycles. The van der Waals surface area contributed by atoms with Crippen LogP contribution in [0.2, 0.25) is 0 Å². The van der Waals surface area contributed by atoms with Crippen LogP contribution in [0.25, 0.3) is 0 Å². The minimum atomic E-state index is -1.35. The standard InChI is InChI=1S/C12H19N3O5/c1-6(16)9(11(18)19)14-12(20)15-4-2-3-7-8(15)5-13-10(7)17/h6-9,16H,2-5H2,1H3,(H,13,17)(H,14,20)(H,18,19). The molecule has 2 aliphatic rings. The van der Waals surface area contributed by atoms with E-state index in [0.717, 1.165) is 6.42 Å². The number of carboxylic acid groups (broad SMARTS) is 1. The van der Waals surface area contributed by atoms with Crippen molar-refractivity contribution in [3.05, 3.63) is 0 Å². The summed E-state index contributed by atoms with van der Waals surface area (Å²) in [7, 11) is 0. The van der Waals surface area contributed by atoms with Crippen LogP contribution in [0.15, 0.2) is 0 Å². The minimum Gasteiger partial charge on any atom is -0.480 e. The zero-order valence-electron chi connectivity index (χ0n) is 11.2. The zero-order chi connectivity index (χ0) is 14.9. The van der Waals surface area contributed by atoms with E-state index >= 15 is 0 Å². The summed E-state index contributed by atoms with van der Waals surface area (Å²) in [6.45, 7) is 2.18. The van der Waals surface area contributed by atoms with Gasteiger partial charge in [-0.2, -0.15) is 0 Å². The first-order chi connectivity index (χ1) is 9.41. The van der Waals surface area contributed by atoms with E-state index in [4.69, 9.17) is 5.11 Å². The highest BCUT2D eigenvalue weighted by Gasteiger charge is 2.43. The van der Waals surface area contributed by atoms with Gasteiger partial charge < -0.3 is 25.7 Å². The van der Waals surface area contributed by atoms with Gasteiger partial charge in [0.05, 0.1) is 18.1 Å². The first-order valence-electron chi connectivity index (χ1n) is 6.67. The average Bonchev–Trinajstić information content (AvgIpc) is 2.77. The molecule has 2 aliphatic heterocycles. The van der Waals surface area contributed by atoms with Gasteiger partial charge in [0.15, 0.2) is 6.04 Å². The van der Waals surface area contributed by atoms with E-state index < -0.39 is 24.1 Å². The number of amides is 3. The Balaban J connectivity index is 2.05. The number of piperidine rings is 1. The quantitative estimate of drug-likeness (QED) is 0.516. The van der Waals surface area contributed by atoms with Gasteiger partial charge in [-0.15, -0.1) is 0 Å². The van der Waals surface area contributed by atoms with Crippen molar-refractivity contribution >= 4 is 17.9 Å². The monoisotopic (exact) mass is 285 g/mol. The third-order valence-corrected chi connectivity index (χ3v) is 3.89. The molecule has 4 atom stereocenters. The molecule has 0 spiro atoms. The summed E-state index contributed by atoms with van der Waals surface area (Å²) >= 11 is 0. The number of carboxylic acids is 1. The van der Waals surface area contributed by atoms with Crippen molar-refractivity contribution in [2.24, 2.45) is 5.92 Å². The summed E-state index contributed by atoms with van der Waals surface area (Å²) in [5.74, 6) is -1.57. The second-order valence-electron chi connectivity index (χ2n) is 5.26. The number of hydrogen-bond acceptors (Lipinski definition) is 4. The lowest BCUT2D eigenvalue weighted by molar-refractivity contribution is -0.142. The predicted molar refractivity (Wildman–Crippen MR) is 67.9 cm³/mol. The highest BCUT2D eigenvalue weighted by molar-refractivity contribution is 5.86. The normalized spacial score (nSPS) is 28.3. The molecule has 4 N–H and O–H groups in total. The van der Waals surface area contributed by atoms with E-state index in [1.54, 1.807) is 0 Å². The lowest BCUT2D eigenvalue weighted by Gasteiger charge is -2.36. The molecule has 8 nitrogen and oxygen atoms in total. The van der Waals surface area contributed by atoms with E-state index in [0.29, 0.717) is 19.5 Å². The Kier molecular flexibility index (Phi) is 4.12. The fourth-order valence-electron chi connectivity index (χ4n) is 2.81. The molecule has 3 amide bonds. The molecule has 0 radical (unpaired) electrons. The number of nitrogens with zero attached hydrogens (tertiary/aromatic N) is 1. The van der Waals surface area contributed by atoms with Crippen LogP contribution < -0.4 is 10.6 Å². The molecule has 4 unspecified atom stereocenters. The summed E-state index contributed by atoms with van der Waals surface area (Å²) in [5, 5.41) is 23.4. The Morgan fingerprint density at radius 1 is 1.50 bits per heavy atom. The molecule has 0 saturated carbocycles. The number of rotatable bonds is 3. The van der Waals surface area contributed by atoms with Crippen molar-refractivity contribution in [1.82, 2.24) is 15.5 Å².